The van der Waals surface area contributed by atoms with Gasteiger partial charge < -0.3 is 4.74 Å². The molecule has 46 valence electrons. The summed E-state index contributed by atoms with van der Waals surface area (Å²) >= 11 is 0. The third kappa shape index (κ3) is 0.489. The van der Waals surface area contributed by atoms with E-state index in [1.807, 2.05) is 6.08 Å². The quantitative estimate of drug-likeness (QED) is 0.443. The van der Waals surface area contributed by atoms with Crippen molar-refractivity contribution in [3.63, 3.8) is 0 Å². The summed E-state index contributed by atoms with van der Waals surface area (Å²) in [6, 6.07) is 0. The van der Waals surface area contributed by atoms with Crippen molar-refractivity contribution in [3.8, 4) is 0 Å². The van der Waals surface area contributed by atoms with Crippen molar-refractivity contribution in [1.29, 1.82) is 0 Å². The molecule has 2 aliphatic rings. The van der Waals surface area contributed by atoms with E-state index in [0.717, 1.165) is 23.3 Å². The fraction of sp³-hybridized carbons (Fsp3) is 0.250. The minimum Gasteiger partial charge on any atom is -0.485 e. The van der Waals surface area contributed by atoms with Gasteiger partial charge in [0, 0.05) is 6.42 Å². The molecule has 0 radical (unpaired) electrons. The molecule has 0 spiro atoms. The summed E-state index contributed by atoms with van der Waals surface area (Å²) in [5.41, 5.74) is 2.21. The minimum absolute atomic E-state index is 0.125. The largest absolute Gasteiger partial charge is 0.485 e. The second kappa shape index (κ2) is 1.29. The monoisotopic (exact) mass is 120 g/mol. The molecule has 2 heterocycles. The molecule has 9 heavy (non-hydrogen) atoms. The van der Waals surface area contributed by atoms with Crippen LogP contribution in [0.5, 0.6) is 0 Å². The van der Waals surface area contributed by atoms with Gasteiger partial charge in [-0.2, -0.15) is 0 Å². The first-order valence-electron chi connectivity index (χ1n) is 3.01. The number of rotatable bonds is 0. The van der Waals surface area contributed by atoms with Crippen molar-refractivity contribution in [2.45, 2.75) is 12.5 Å². The van der Waals surface area contributed by atoms with Crippen LogP contribution in [-0.4, -0.2) is 6.10 Å². The average Bonchev–Trinajstić information content (AvgIpc) is 2.22. The van der Waals surface area contributed by atoms with Crippen molar-refractivity contribution in [2.75, 3.05) is 0 Å². The lowest BCUT2D eigenvalue weighted by atomic mass is 9.99. The third-order valence-electron chi connectivity index (χ3n) is 1.72. The standard InChI is InChI=1S/C8H8O/c1-5-3-7-4-6(2)8(5)9-7/h3,8H,1-2,4H2. The molecule has 1 saturated heterocycles. The Morgan fingerprint density at radius 2 is 2.33 bits per heavy atom. The van der Waals surface area contributed by atoms with Gasteiger partial charge in [-0.15, -0.1) is 0 Å². The summed E-state index contributed by atoms with van der Waals surface area (Å²) in [6.07, 6.45) is 3.04. The Morgan fingerprint density at radius 3 is 2.67 bits per heavy atom. The summed E-state index contributed by atoms with van der Waals surface area (Å²) in [5, 5.41) is 0. The number of allylic oxidation sites excluding steroid dienone is 1. The Balaban J connectivity index is 2.47. The zero-order valence-electron chi connectivity index (χ0n) is 5.18. The number of fused-ring (bicyclic) bond motifs is 2. The predicted octanol–water partition coefficient (Wildman–Crippen LogP) is 1.79. The molecule has 1 unspecified atom stereocenters. The molecular formula is C8H8O. The summed E-state index contributed by atoms with van der Waals surface area (Å²) in [4.78, 5) is 0. The summed E-state index contributed by atoms with van der Waals surface area (Å²) < 4.78 is 5.36. The van der Waals surface area contributed by atoms with Gasteiger partial charge in [0.15, 0.2) is 0 Å². The maximum absolute atomic E-state index is 5.36. The van der Waals surface area contributed by atoms with Crippen LogP contribution in [0.15, 0.2) is 36.1 Å². The van der Waals surface area contributed by atoms with Gasteiger partial charge in [0.2, 0.25) is 0 Å². The van der Waals surface area contributed by atoms with Crippen LogP contribution >= 0.6 is 0 Å². The van der Waals surface area contributed by atoms with Crippen LogP contribution < -0.4 is 0 Å². The first-order valence-corrected chi connectivity index (χ1v) is 3.01. The van der Waals surface area contributed by atoms with Crippen LogP contribution in [0.1, 0.15) is 6.42 Å². The van der Waals surface area contributed by atoms with E-state index in [9.17, 15) is 0 Å². The molecule has 0 N–H and O–H groups in total. The molecule has 0 aromatic carbocycles. The lowest BCUT2D eigenvalue weighted by Crippen LogP contribution is -2.04. The molecule has 0 aliphatic carbocycles. The molecule has 1 heteroatoms. The fourth-order valence-corrected chi connectivity index (χ4v) is 1.30. The number of hydrogen-bond donors (Lipinski definition) is 0. The summed E-state index contributed by atoms with van der Waals surface area (Å²) in [7, 11) is 0. The van der Waals surface area contributed by atoms with E-state index in [1.54, 1.807) is 0 Å². The summed E-state index contributed by atoms with van der Waals surface area (Å²) in [6.45, 7) is 7.69. The van der Waals surface area contributed by atoms with E-state index in [-0.39, 0.29) is 6.10 Å². The molecule has 0 amide bonds. The molecule has 2 aliphatic heterocycles. The van der Waals surface area contributed by atoms with Crippen molar-refractivity contribution >= 4 is 0 Å². The minimum atomic E-state index is 0.125. The highest BCUT2D eigenvalue weighted by Gasteiger charge is 2.31. The molecule has 2 bridgehead atoms. The van der Waals surface area contributed by atoms with Gasteiger partial charge in [0.05, 0.1) is 0 Å². The maximum atomic E-state index is 5.36. The number of ether oxygens (including phenoxy) is 1. The molecular weight excluding hydrogens is 112 g/mol. The van der Waals surface area contributed by atoms with Crippen LogP contribution in [0.3, 0.4) is 0 Å². The lowest BCUT2D eigenvalue weighted by Gasteiger charge is -2.05. The molecule has 0 saturated carbocycles. The maximum Gasteiger partial charge on any atom is 0.144 e. The van der Waals surface area contributed by atoms with Crippen LogP contribution in [0.25, 0.3) is 0 Å². The normalized spacial score (nSPS) is 30.7. The van der Waals surface area contributed by atoms with E-state index in [4.69, 9.17) is 4.74 Å². The Labute approximate surface area is 54.3 Å². The highest BCUT2D eigenvalue weighted by Crippen LogP contribution is 2.38. The lowest BCUT2D eigenvalue weighted by molar-refractivity contribution is 0.231. The van der Waals surface area contributed by atoms with Crippen LogP contribution in [0.2, 0.25) is 0 Å². The Bertz CT molecular complexity index is 223. The van der Waals surface area contributed by atoms with Gasteiger partial charge in [-0.3, -0.25) is 0 Å². The van der Waals surface area contributed by atoms with E-state index in [0.29, 0.717) is 0 Å². The van der Waals surface area contributed by atoms with E-state index >= 15 is 0 Å². The smallest absolute Gasteiger partial charge is 0.144 e. The van der Waals surface area contributed by atoms with Gasteiger partial charge in [-0.1, -0.05) is 13.2 Å². The molecule has 1 nitrogen and oxygen atoms in total. The average molecular weight is 120 g/mol. The van der Waals surface area contributed by atoms with Crippen molar-refractivity contribution in [3.05, 3.63) is 36.1 Å². The first kappa shape index (κ1) is 4.86. The highest BCUT2D eigenvalue weighted by molar-refractivity contribution is 5.42. The molecule has 1 fully saturated rings. The molecule has 0 aromatic heterocycles. The van der Waals surface area contributed by atoms with Gasteiger partial charge in [0.25, 0.3) is 0 Å². The molecule has 1 atom stereocenters. The Morgan fingerprint density at radius 1 is 1.56 bits per heavy atom. The zero-order valence-corrected chi connectivity index (χ0v) is 5.18. The zero-order chi connectivity index (χ0) is 6.43. The second-order valence-corrected chi connectivity index (χ2v) is 2.52. The van der Waals surface area contributed by atoms with Crippen molar-refractivity contribution < 1.29 is 4.74 Å². The topological polar surface area (TPSA) is 9.23 Å². The Hall–Kier alpha value is -0.980. The van der Waals surface area contributed by atoms with Crippen LogP contribution in [0.4, 0.5) is 0 Å². The molecule has 0 aromatic rings. The van der Waals surface area contributed by atoms with E-state index in [1.165, 1.54) is 0 Å². The molecule has 2 rings (SSSR count). The first-order chi connectivity index (χ1) is 4.27. The number of hydrogen-bond acceptors (Lipinski definition) is 1. The Kier molecular flexibility index (Phi) is 0.699. The van der Waals surface area contributed by atoms with Gasteiger partial charge in [-0.05, 0) is 17.2 Å². The predicted molar refractivity (Wildman–Crippen MR) is 35.9 cm³/mol. The van der Waals surface area contributed by atoms with Gasteiger partial charge >= 0.3 is 0 Å². The third-order valence-corrected chi connectivity index (χ3v) is 1.72. The van der Waals surface area contributed by atoms with E-state index < -0.39 is 0 Å². The van der Waals surface area contributed by atoms with Crippen LogP contribution in [0, 0.1) is 0 Å². The fourth-order valence-electron chi connectivity index (χ4n) is 1.30. The van der Waals surface area contributed by atoms with Crippen LogP contribution in [-0.2, 0) is 4.74 Å². The van der Waals surface area contributed by atoms with Gasteiger partial charge in [0.1, 0.15) is 11.9 Å². The van der Waals surface area contributed by atoms with Crippen molar-refractivity contribution in [1.82, 2.24) is 0 Å². The second-order valence-electron chi connectivity index (χ2n) is 2.52. The highest BCUT2D eigenvalue weighted by atomic mass is 16.5. The van der Waals surface area contributed by atoms with Crippen molar-refractivity contribution in [2.24, 2.45) is 0 Å². The SMILES string of the molecule is C=C1C=C2CC(=C)C1O2. The summed E-state index contributed by atoms with van der Waals surface area (Å²) in [5.74, 6) is 1.04. The van der Waals surface area contributed by atoms with Gasteiger partial charge in [-0.25, -0.2) is 0 Å². The van der Waals surface area contributed by atoms with E-state index in [2.05, 4.69) is 13.2 Å².